The Kier molecular flexibility index (Phi) is 16.0. The summed E-state index contributed by atoms with van der Waals surface area (Å²) in [5.41, 5.74) is 0.898. The lowest BCUT2D eigenvalue weighted by molar-refractivity contribution is -0.131. The van der Waals surface area contributed by atoms with E-state index in [1.165, 1.54) is 6.92 Å². The molecular weight excluding hydrogens is 292 g/mol. The number of aliphatic hydroxyl groups is 5. The van der Waals surface area contributed by atoms with Crippen molar-refractivity contribution >= 4 is 12.0 Å². The molecule has 22 heavy (non-hydrogen) atoms. The molecule has 7 heteroatoms. The lowest BCUT2D eigenvalue weighted by atomic mass is 10.2. The molecular formula is C15H24O7. The first-order valence-corrected chi connectivity index (χ1v) is 6.52. The van der Waals surface area contributed by atoms with E-state index in [9.17, 15) is 4.79 Å². The van der Waals surface area contributed by atoms with Crippen molar-refractivity contribution in [3.05, 3.63) is 42.0 Å². The third-order valence-corrected chi connectivity index (χ3v) is 1.90. The van der Waals surface area contributed by atoms with Crippen LogP contribution in [0.1, 0.15) is 12.5 Å². The fraction of sp³-hybridized carbons (Fsp3) is 0.400. The van der Waals surface area contributed by atoms with Crippen molar-refractivity contribution in [2.45, 2.75) is 19.1 Å². The van der Waals surface area contributed by atoms with Crippen LogP contribution in [0, 0.1) is 0 Å². The van der Waals surface area contributed by atoms with Crippen LogP contribution in [0.25, 0.3) is 6.08 Å². The van der Waals surface area contributed by atoms with E-state index in [4.69, 9.17) is 30.6 Å². The van der Waals surface area contributed by atoms with E-state index in [0.717, 1.165) is 11.6 Å². The number of carbonyl (C=O) groups is 1. The van der Waals surface area contributed by atoms with E-state index >= 15 is 0 Å². The normalized spacial score (nSPS) is 11.2. The Hall–Kier alpha value is -1.77. The summed E-state index contributed by atoms with van der Waals surface area (Å²) in [6.45, 7) is 0.660. The summed E-state index contributed by atoms with van der Waals surface area (Å²) in [5, 5.41) is 48.3. The predicted molar refractivity (Wildman–Crippen MR) is 82.1 cm³/mol. The molecule has 0 radical (unpaired) electrons. The zero-order chi connectivity index (χ0) is 17.4. The SMILES string of the molecule is CC(O)CO.O=C(O)C=Cc1ccccc1.OCC(O)CO. The van der Waals surface area contributed by atoms with Gasteiger partial charge >= 0.3 is 5.97 Å². The summed E-state index contributed by atoms with van der Waals surface area (Å²) < 4.78 is 0. The molecule has 7 nitrogen and oxygen atoms in total. The first-order chi connectivity index (χ1) is 10.4. The molecule has 1 aromatic rings. The molecule has 0 spiro atoms. The van der Waals surface area contributed by atoms with Crippen molar-refractivity contribution < 1.29 is 35.4 Å². The molecule has 6 N–H and O–H groups in total. The van der Waals surface area contributed by atoms with Gasteiger partial charge in [0, 0.05) is 6.08 Å². The van der Waals surface area contributed by atoms with Crippen LogP contribution >= 0.6 is 0 Å². The smallest absolute Gasteiger partial charge is 0.328 e. The monoisotopic (exact) mass is 316 g/mol. The molecule has 0 aliphatic heterocycles. The maximum atomic E-state index is 10.1. The number of hydrogen-bond donors (Lipinski definition) is 6. The van der Waals surface area contributed by atoms with E-state index in [1.54, 1.807) is 6.08 Å². The Morgan fingerprint density at radius 2 is 1.50 bits per heavy atom. The highest BCUT2D eigenvalue weighted by molar-refractivity contribution is 5.85. The molecule has 0 saturated carbocycles. The van der Waals surface area contributed by atoms with Crippen molar-refractivity contribution in [1.82, 2.24) is 0 Å². The minimum Gasteiger partial charge on any atom is -0.478 e. The summed E-state index contributed by atoms with van der Waals surface area (Å²) in [5.74, 6) is -0.922. The molecule has 126 valence electrons. The Balaban J connectivity index is 0. The highest BCUT2D eigenvalue weighted by atomic mass is 16.4. The van der Waals surface area contributed by atoms with Crippen LogP contribution in [0.4, 0.5) is 0 Å². The molecule has 0 bridgehead atoms. The third kappa shape index (κ3) is 18.2. The topological polar surface area (TPSA) is 138 Å². The number of carboxylic acids is 1. The number of rotatable bonds is 5. The molecule has 0 fully saturated rings. The summed E-state index contributed by atoms with van der Waals surface area (Å²) in [6, 6.07) is 9.31. The second kappa shape index (κ2) is 15.6. The highest BCUT2D eigenvalue weighted by Crippen LogP contribution is 1.99. The summed E-state index contributed by atoms with van der Waals surface area (Å²) in [4.78, 5) is 10.1. The van der Waals surface area contributed by atoms with Crippen LogP contribution in [0.15, 0.2) is 36.4 Å². The van der Waals surface area contributed by atoms with Crippen LogP contribution in [0.5, 0.6) is 0 Å². The quantitative estimate of drug-likeness (QED) is 0.402. The molecule has 0 saturated heterocycles. The lowest BCUT2D eigenvalue weighted by Gasteiger charge is -1.96. The second-order valence-corrected chi connectivity index (χ2v) is 4.13. The van der Waals surface area contributed by atoms with E-state index in [0.29, 0.717) is 0 Å². The van der Waals surface area contributed by atoms with Gasteiger partial charge in [0.15, 0.2) is 0 Å². The maximum Gasteiger partial charge on any atom is 0.328 e. The summed E-state index contributed by atoms with van der Waals surface area (Å²) >= 11 is 0. The molecule has 0 heterocycles. The van der Waals surface area contributed by atoms with Gasteiger partial charge in [0.2, 0.25) is 0 Å². The molecule has 0 aromatic heterocycles. The number of carboxylic acid groups (broad SMARTS) is 1. The van der Waals surface area contributed by atoms with E-state index < -0.39 is 18.2 Å². The number of hydrogen-bond acceptors (Lipinski definition) is 6. The zero-order valence-electron chi connectivity index (χ0n) is 12.4. The molecule has 0 aliphatic rings. The van der Waals surface area contributed by atoms with Crippen LogP contribution in [-0.2, 0) is 4.79 Å². The summed E-state index contributed by atoms with van der Waals surface area (Å²) in [6.07, 6.45) is 1.16. The van der Waals surface area contributed by atoms with Gasteiger partial charge in [0.05, 0.1) is 25.9 Å². The van der Waals surface area contributed by atoms with Gasteiger partial charge in [-0.15, -0.1) is 0 Å². The van der Waals surface area contributed by atoms with Crippen molar-refractivity contribution in [2.75, 3.05) is 19.8 Å². The van der Waals surface area contributed by atoms with Gasteiger partial charge in [-0.2, -0.15) is 0 Å². The van der Waals surface area contributed by atoms with E-state index in [2.05, 4.69) is 0 Å². The minimum absolute atomic E-state index is 0.139. The van der Waals surface area contributed by atoms with Crippen molar-refractivity contribution in [3.63, 3.8) is 0 Å². The van der Waals surface area contributed by atoms with Crippen molar-refractivity contribution in [1.29, 1.82) is 0 Å². The highest BCUT2D eigenvalue weighted by Gasteiger charge is 1.93. The predicted octanol–water partition coefficient (Wildman–Crippen LogP) is -0.524. The fourth-order valence-corrected chi connectivity index (χ4v) is 0.789. The molecule has 0 amide bonds. The number of benzene rings is 1. The van der Waals surface area contributed by atoms with Crippen molar-refractivity contribution in [2.24, 2.45) is 0 Å². The van der Waals surface area contributed by atoms with Gasteiger partial charge in [0.25, 0.3) is 0 Å². The van der Waals surface area contributed by atoms with Gasteiger partial charge in [-0.05, 0) is 18.6 Å². The Morgan fingerprint density at radius 3 is 1.77 bits per heavy atom. The number of aliphatic hydroxyl groups excluding tert-OH is 5. The van der Waals surface area contributed by atoms with Crippen molar-refractivity contribution in [3.8, 4) is 0 Å². The third-order valence-electron chi connectivity index (χ3n) is 1.90. The molecule has 1 unspecified atom stereocenters. The van der Waals surface area contributed by atoms with E-state index in [1.807, 2.05) is 30.3 Å². The molecule has 1 aromatic carbocycles. The van der Waals surface area contributed by atoms with Gasteiger partial charge in [-0.3, -0.25) is 0 Å². The Morgan fingerprint density at radius 1 is 1.05 bits per heavy atom. The largest absolute Gasteiger partial charge is 0.478 e. The first-order valence-electron chi connectivity index (χ1n) is 6.52. The standard InChI is InChI=1S/C9H8O2.C3H8O3.C3H8O2/c10-9(11)7-6-8-4-2-1-3-5-8;4-1-3(6)2-5;1-3(5)2-4/h1-7H,(H,10,11);3-6H,1-2H2;3-5H,2H2,1H3. The average molecular weight is 316 g/mol. The Labute approximate surface area is 129 Å². The van der Waals surface area contributed by atoms with Crippen LogP contribution < -0.4 is 0 Å². The van der Waals surface area contributed by atoms with Gasteiger partial charge in [-0.1, -0.05) is 30.3 Å². The molecule has 0 aliphatic carbocycles. The fourth-order valence-electron chi connectivity index (χ4n) is 0.789. The average Bonchev–Trinajstić information content (AvgIpc) is 2.54. The summed E-state index contributed by atoms with van der Waals surface area (Å²) in [7, 11) is 0. The number of aliphatic carboxylic acids is 1. The minimum atomic E-state index is -0.954. The zero-order valence-corrected chi connectivity index (χ0v) is 12.4. The van der Waals surface area contributed by atoms with Crippen LogP contribution in [-0.4, -0.2) is 68.6 Å². The van der Waals surface area contributed by atoms with Crippen LogP contribution in [0.2, 0.25) is 0 Å². The Bertz CT molecular complexity index is 386. The van der Waals surface area contributed by atoms with Gasteiger partial charge < -0.3 is 30.6 Å². The first kappa shape index (κ1) is 22.5. The maximum absolute atomic E-state index is 10.1. The second-order valence-electron chi connectivity index (χ2n) is 4.13. The van der Waals surface area contributed by atoms with Gasteiger partial charge in [-0.25, -0.2) is 4.79 Å². The lowest BCUT2D eigenvalue weighted by Crippen LogP contribution is -2.15. The van der Waals surface area contributed by atoms with Gasteiger partial charge in [0.1, 0.15) is 6.10 Å². The molecule has 1 rings (SSSR count). The molecule has 1 atom stereocenters. The van der Waals surface area contributed by atoms with Crippen LogP contribution in [0.3, 0.4) is 0 Å². The van der Waals surface area contributed by atoms with E-state index in [-0.39, 0.29) is 19.8 Å².